The lowest BCUT2D eigenvalue weighted by molar-refractivity contribution is -0.138. The molecule has 124 valence electrons. The highest BCUT2D eigenvalue weighted by Gasteiger charge is 2.36. The molecule has 1 amide bonds. The fraction of sp³-hybridized carbons (Fsp3) is 0.533. The summed E-state index contributed by atoms with van der Waals surface area (Å²) in [5.41, 5.74) is -1.11. The van der Waals surface area contributed by atoms with Crippen LogP contribution >= 0.6 is 12.4 Å². The van der Waals surface area contributed by atoms with E-state index in [4.69, 9.17) is 0 Å². The molecular weight excluding hydrogens is 317 g/mol. The maximum absolute atomic E-state index is 13.0. The molecular formula is C15H20ClF3N2O. The van der Waals surface area contributed by atoms with E-state index in [1.54, 1.807) is 0 Å². The van der Waals surface area contributed by atoms with Crippen LogP contribution < -0.4 is 5.32 Å². The van der Waals surface area contributed by atoms with Gasteiger partial charge in [0.1, 0.15) is 0 Å². The molecule has 0 aromatic heterocycles. The zero-order valence-corrected chi connectivity index (χ0v) is 13.1. The SMILES string of the molecule is CNCC1CCN(C(=O)c2ccccc2C(F)(F)F)CC1.Cl. The van der Waals surface area contributed by atoms with Crippen LogP contribution in [0, 0.1) is 5.92 Å². The van der Waals surface area contributed by atoms with Gasteiger partial charge in [0.2, 0.25) is 0 Å². The van der Waals surface area contributed by atoms with Gasteiger partial charge in [-0.25, -0.2) is 0 Å². The lowest BCUT2D eigenvalue weighted by atomic mass is 9.96. The monoisotopic (exact) mass is 336 g/mol. The highest BCUT2D eigenvalue weighted by molar-refractivity contribution is 5.96. The first-order chi connectivity index (χ1) is 9.93. The molecule has 0 unspecified atom stereocenters. The Kier molecular flexibility index (Phi) is 6.68. The van der Waals surface area contributed by atoms with Crippen molar-refractivity contribution >= 4 is 18.3 Å². The number of nitrogens with zero attached hydrogens (tertiary/aromatic N) is 1. The Bertz CT molecular complexity index is 500. The molecule has 7 heteroatoms. The zero-order chi connectivity index (χ0) is 15.5. The number of piperidine rings is 1. The normalized spacial score (nSPS) is 16.3. The van der Waals surface area contributed by atoms with Crippen LogP contribution in [-0.4, -0.2) is 37.5 Å². The fourth-order valence-electron chi connectivity index (χ4n) is 2.72. The molecule has 1 aliphatic heterocycles. The van der Waals surface area contributed by atoms with E-state index >= 15 is 0 Å². The summed E-state index contributed by atoms with van der Waals surface area (Å²) >= 11 is 0. The molecule has 2 rings (SSSR count). The molecule has 1 aromatic carbocycles. The largest absolute Gasteiger partial charge is 0.417 e. The van der Waals surface area contributed by atoms with Gasteiger partial charge in [-0.3, -0.25) is 4.79 Å². The van der Waals surface area contributed by atoms with Gasteiger partial charge in [-0.2, -0.15) is 13.2 Å². The average Bonchev–Trinajstić information content (AvgIpc) is 2.47. The molecule has 0 aliphatic carbocycles. The van der Waals surface area contributed by atoms with E-state index in [9.17, 15) is 18.0 Å². The number of benzene rings is 1. The second-order valence-electron chi connectivity index (χ2n) is 5.34. The summed E-state index contributed by atoms with van der Waals surface area (Å²) in [5.74, 6) is -0.0391. The molecule has 22 heavy (non-hydrogen) atoms. The average molecular weight is 337 g/mol. The van der Waals surface area contributed by atoms with Crippen molar-refractivity contribution in [3.63, 3.8) is 0 Å². The molecule has 1 heterocycles. The molecule has 0 atom stereocenters. The number of nitrogens with one attached hydrogen (secondary N) is 1. The van der Waals surface area contributed by atoms with E-state index in [1.165, 1.54) is 23.1 Å². The molecule has 1 saturated heterocycles. The summed E-state index contributed by atoms with van der Waals surface area (Å²) in [4.78, 5) is 13.9. The molecule has 1 aliphatic rings. The van der Waals surface area contributed by atoms with E-state index in [0.29, 0.717) is 19.0 Å². The Morgan fingerprint density at radius 3 is 2.41 bits per heavy atom. The summed E-state index contributed by atoms with van der Waals surface area (Å²) in [6, 6.07) is 4.99. The molecule has 0 spiro atoms. The van der Waals surface area contributed by atoms with Crippen LogP contribution in [0.2, 0.25) is 0 Å². The highest BCUT2D eigenvalue weighted by atomic mass is 35.5. The minimum absolute atomic E-state index is 0. The molecule has 0 bridgehead atoms. The molecule has 3 nitrogen and oxygen atoms in total. The summed E-state index contributed by atoms with van der Waals surface area (Å²) < 4.78 is 38.9. The standard InChI is InChI=1S/C15H19F3N2O.ClH/c1-19-10-11-6-8-20(9-7-11)14(21)12-4-2-3-5-13(12)15(16,17)18;/h2-5,11,19H,6-10H2,1H3;1H. The minimum Gasteiger partial charge on any atom is -0.339 e. The number of hydrogen-bond donors (Lipinski definition) is 1. The topological polar surface area (TPSA) is 32.3 Å². The number of likely N-dealkylation sites (tertiary alicyclic amines) is 1. The number of hydrogen-bond acceptors (Lipinski definition) is 2. The van der Waals surface area contributed by atoms with Crippen molar-refractivity contribution in [2.75, 3.05) is 26.7 Å². The first-order valence-corrected chi connectivity index (χ1v) is 7.03. The Morgan fingerprint density at radius 1 is 1.27 bits per heavy atom. The lowest BCUT2D eigenvalue weighted by Crippen LogP contribution is -2.41. The zero-order valence-electron chi connectivity index (χ0n) is 12.3. The van der Waals surface area contributed by atoms with Gasteiger partial charge < -0.3 is 10.2 Å². The van der Waals surface area contributed by atoms with Crippen LogP contribution in [0.15, 0.2) is 24.3 Å². The van der Waals surface area contributed by atoms with E-state index < -0.39 is 17.6 Å². The molecule has 1 fully saturated rings. The third-order valence-corrected chi connectivity index (χ3v) is 3.86. The van der Waals surface area contributed by atoms with Gasteiger partial charge in [0.15, 0.2) is 0 Å². The minimum atomic E-state index is -4.50. The molecule has 0 saturated carbocycles. The van der Waals surface area contributed by atoms with Crippen LogP contribution in [0.5, 0.6) is 0 Å². The van der Waals surface area contributed by atoms with E-state index in [0.717, 1.165) is 25.5 Å². The number of alkyl halides is 3. The summed E-state index contributed by atoms with van der Waals surface area (Å²) in [6.45, 7) is 1.90. The van der Waals surface area contributed by atoms with Gasteiger partial charge in [-0.1, -0.05) is 12.1 Å². The van der Waals surface area contributed by atoms with Gasteiger partial charge in [0.05, 0.1) is 11.1 Å². The van der Waals surface area contributed by atoms with Crippen molar-refractivity contribution in [2.45, 2.75) is 19.0 Å². The van der Waals surface area contributed by atoms with Crippen molar-refractivity contribution in [1.82, 2.24) is 10.2 Å². The Morgan fingerprint density at radius 2 is 1.86 bits per heavy atom. The predicted molar refractivity (Wildman–Crippen MR) is 81.2 cm³/mol. The van der Waals surface area contributed by atoms with Gasteiger partial charge in [-0.05, 0) is 44.5 Å². The van der Waals surface area contributed by atoms with Gasteiger partial charge in [0, 0.05) is 13.1 Å². The smallest absolute Gasteiger partial charge is 0.339 e. The number of amides is 1. The second-order valence-corrected chi connectivity index (χ2v) is 5.34. The van der Waals surface area contributed by atoms with Gasteiger partial charge in [0.25, 0.3) is 5.91 Å². The van der Waals surface area contributed by atoms with Crippen LogP contribution in [0.4, 0.5) is 13.2 Å². The van der Waals surface area contributed by atoms with Crippen LogP contribution in [0.1, 0.15) is 28.8 Å². The van der Waals surface area contributed by atoms with Gasteiger partial charge in [-0.15, -0.1) is 12.4 Å². The Balaban J connectivity index is 0.00000242. The van der Waals surface area contributed by atoms with Crippen molar-refractivity contribution in [1.29, 1.82) is 0 Å². The van der Waals surface area contributed by atoms with Crippen molar-refractivity contribution in [3.05, 3.63) is 35.4 Å². The third-order valence-electron chi connectivity index (χ3n) is 3.86. The summed E-state index contributed by atoms with van der Waals surface area (Å²) in [7, 11) is 1.87. The van der Waals surface area contributed by atoms with Gasteiger partial charge >= 0.3 is 6.18 Å². The highest BCUT2D eigenvalue weighted by Crippen LogP contribution is 2.32. The third kappa shape index (κ3) is 4.36. The van der Waals surface area contributed by atoms with Crippen molar-refractivity contribution in [2.24, 2.45) is 5.92 Å². The molecule has 1 N–H and O–H groups in total. The van der Waals surface area contributed by atoms with Crippen LogP contribution in [0.25, 0.3) is 0 Å². The predicted octanol–water partition coefficient (Wildman–Crippen LogP) is 3.20. The maximum Gasteiger partial charge on any atom is 0.417 e. The summed E-state index contributed by atoms with van der Waals surface area (Å²) in [5, 5.41) is 3.09. The maximum atomic E-state index is 13.0. The van der Waals surface area contributed by atoms with Crippen molar-refractivity contribution < 1.29 is 18.0 Å². The number of carbonyl (C=O) groups is 1. The molecule has 1 aromatic rings. The van der Waals surface area contributed by atoms with E-state index in [2.05, 4.69) is 5.32 Å². The Labute approximate surface area is 134 Å². The number of rotatable bonds is 3. The number of carbonyl (C=O) groups excluding carboxylic acids is 1. The number of halogens is 4. The first kappa shape index (κ1) is 18.8. The second kappa shape index (κ2) is 7.83. The first-order valence-electron chi connectivity index (χ1n) is 7.03. The Hall–Kier alpha value is -1.27. The fourth-order valence-corrected chi connectivity index (χ4v) is 2.72. The lowest BCUT2D eigenvalue weighted by Gasteiger charge is -2.32. The summed E-state index contributed by atoms with van der Waals surface area (Å²) in [6.07, 6.45) is -2.86. The quantitative estimate of drug-likeness (QED) is 0.919. The van der Waals surface area contributed by atoms with Crippen LogP contribution in [-0.2, 0) is 6.18 Å². The van der Waals surface area contributed by atoms with E-state index in [-0.39, 0.29) is 18.0 Å². The van der Waals surface area contributed by atoms with Crippen molar-refractivity contribution in [3.8, 4) is 0 Å². The van der Waals surface area contributed by atoms with E-state index in [1.807, 2.05) is 7.05 Å². The molecule has 0 radical (unpaired) electrons. The van der Waals surface area contributed by atoms with Crippen LogP contribution in [0.3, 0.4) is 0 Å².